The number of amides is 1. The minimum absolute atomic E-state index is 0.0620. The third-order valence-electron chi connectivity index (χ3n) is 9.33. The topological polar surface area (TPSA) is 206 Å². The molecular formula is C34H43NO11. The number of carbonyl (C=O) groups is 2. The molecule has 0 fully saturated rings. The van der Waals surface area contributed by atoms with E-state index < -0.39 is 82.8 Å². The zero-order valence-electron chi connectivity index (χ0n) is 26.8. The Hall–Kier alpha value is -4.10. The zero-order chi connectivity index (χ0) is 34.4. The Labute approximate surface area is 266 Å². The standard InChI is InChI=1S/C34H43NO11/c1-14-9-8-10-15(2)33(44)35-20-13-22(37)23-24(30(20)42)29(41)19(6)31-25(23)32(43)34(7,46-31)45-12-11-21(36)16(3)27(39)18(5)28(40)17(4)26(14)38/h8-14,16-18,21,26-28,36-42H,1-7H3,(H,35,44)/b9-8+,12-11+,15-10-/t14-,16+,17+,18-,21-,26-,27+,28+,34+/m0/s1. The highest BCUT2D eigenvalue weighted by atomic mass is 16.7. The van der Waals surface area contributed by atoms with Gasteiger partial charge in [-0.2, -0.15) is 0 Å². The number of allylic oxidation sites excluding steroid dienone is 2. The van der Waals surface area contributed by atoms with Gasteiger partial charge in [0.25, 0.3) is 11.7 Å². The number of Topliss-reactive ketones (excluding diaryl/α,β-unsaturated/α-hetero) is 1. The number of hydrogen-bond donors (Lipinski definition) is 8. The number of nitrogens with one attached hydrogen (secondary N) is 1. The molecule has 8 N–H and O–H groups in total. The lowest BCUT2D eigenvalue weighted by molar-refractivity contribution is -0.112. The van der Waals surface area contributed by atoms with Crippen LogP contribution in [-0.4, -0.2) is 77.6 Å². The van der Waals surface area contributed by atoms with Crippen molar-refractivity contribution in [2.45, 2.75) is 78.7 Å². The van der Waals surface area contributed by atoms with Gasteiger partial charge in [0.2, 0.25) is 0 Å². The van der Waals surface area contributed by atoms with Gasteiger partial charge in [0.05, 0.1) is 47.3 Å². The molecule has 12 nitrogen and oxygen atoms in total. The van der Waals surface area contributed by atoms with E-state index in [2.05, 4.69) is 5.32 Å². The van der Waals surface area contributed by atoms with Gasteiger partial charge in [-0.05, 0) is 19.9 Å². The number of aliphatic hydroxyl groups is 4. The predicted molar refractivity (Wildman–Crippen MR) is 169 cm³/mol. The third kappa shape index (κ3) is 6.05. The van der Waals surface area contributed by atoms with E-state index in [0.717, 1.165) is 12.3 Å². The van der Waals surface area contributed by atoms with Crippen LogP contribution in [0, 0.1) is 30.6 Å². The molecule has 12 heteroatoms. The van der Waals surface area contributed by atoms with Gasteiger partial charge in [0, 0.05) is 53.2 Å². The number of ketones is 1. The van der Waals surface area contributed by atoms with E-state index in [0.29, 0.717) is 0 Å². The summed E-state index contributed by atoms with van der Waals surface area (Å²) in [5.41, 5.74) is -0.134. The Kier molecular flexibility index (Phi) is 9.79. The van der Waals surface area contributed by atoms with Crippen LogP contribution < -0.4 is 10.1 Å². The fourth-order valence-corrected chi connectivity index (χ4v) is 5.98. The van der Waals surface area contributed by atoms with Crippen LogP contribution in [0.25, 0.3) is 10.8 Å². The molecule has 0 aromatic heterocycles. The second-order valence-corrected chi connectivity index (χ2v) is 12.6. The summed E-state index contributed by atoms with van der Waals surface area (Å²) >= 11 is 0. The van der Waals surface area contributed by atoms with Gasteiger partial charge in [-0.1, -0.05) is 45.9 Å². The molecule has 1 amide bonds. The van der Waals surface area contributed by atoms with Crippen molar-refractivity contribution in [1.29, 1.82) is 0 Å². The van der Waals surface area contributed by atoms with Crippen molar-refractivity contribution in [1.82, 2.24) is 0 Å². The maximum absolute atomic E-state index is 13.7. The quantitative estimate of drug-likeness (QED) is 0.154. The van der Waals surface area contributed by atoms with E-state index in [1.54, 1.807) is 39.8 Å². The van der Waals surface area contributed by atoms with Crippen molar-refractivity contribution >= 4 is 28.2 Å². The van der Waals surface area contributed by atoms with E-state index in [4.69, 9.17) is 9.47 Å². The number of ether oxygens (including phenoxy) is 2. The number of fused-ring (bicyclic) bond motifs is 14. The van der Waals surface area contributed by atoms with Crippen molar-refractivity contribution in [3.63, 3.8) is 0 Å². The van der Waals surface area contributed by atoms with Crippen molar-refractivity contribution in [3.05, 3.63) is 53.3 Å². The smallest absolute Gasteiger partial charge is 0.312 e. The molecule has 2 aromatic rings. The summed E-state index contributed by atoms with van der Waals surface area (Å²) in [6.45, 7) is 10.8. The van der Waals surface area contributed by atoms with Crippen LogP contribution in [-0.2, 0) is 9.53 Å². The van der Waals surface area contributed by atoms with Crippen LogP contribution in [0.2, 0.25) is 0 Å². The molecule has 9 atom stereocenters. The molecule has 250 valence electrons. The maximum Gasteiger partial charge on any atom is 0.312 e. The van der Waals surface area contributed by atoms with E-state index in [1.807, 2.05) is 0 Å². The van der Waals surface area contributed by atoms with Crippen LogP contribution in [0.15, 0.2) is 42.2 Å². The van der Waals surface area contributed by atoms with Gasteiger partial charge in [-0.3, -0.25) is 9.59 Å². The Balaban J connectivity index is 1.83. The minimum Gasteiger partial charge on any atom is -0.507 e. The summed E-state index contributed by atoms with van der Waals surface area (Å²) < 4.78 is 11.5. The van der Waals surface area contributed by atoms with Gasteiger partial charge in [0.1, 0.15) is 17.2 Å². The summed E-state index contributed by atoms with van der Waals surface area (Å²) in [5.74, 6) is -7.83. The molecule has 2 aromatic carbocycles. The van der Waals surface area contributed by atoms with E-state index >= 15 is 0 Å². The molecule has 0 saturated carbocycles. The van der Waals surface area contributed by atoms with Gasteiger partial charge >= 0.3 is 5.79 Å². The van der Waals surface area contributed by atoms with Crippen molar-refractivity contribution in [2.75, 3.05) is 5.32 Å². The Morgan fingerprint density at radius 1 is 0.826 bits per heavy atom. The first-order valence-electron chi connectivity index (χ1n) is 15.1. The van der Waals surface area contributed by atoms with Crippen LogP contribution in [0.5, 0.6) is 23.0 Å². The number of rotatable bonds is 0. The van der Waals surface area contributed by atoms with Gasteiger partial charge in [-0.15, -0.1) is 0 Å². The predicted octanol–water partition coefficient (Wildman–Crippen LogP) is 3.53. The summed E-state index contributed by atoms with van der Waals surface area (Å²) in [7, 11) is 0. The normalized spacial score (nSPS) is 35.2. The van der Waals surface area contributed by atoms with Crippen molar-refractivity contribution in [2.24, 2.45) is 23.7 Å². The molecular weight excluding hydrogens is 598 g/mol. The lowest BCUT2D eigenvalue weighted by Crippen LogP contribution is -2.44. The van der Waals surface area contributed by atoms with Crippen LogP contribution >= 0.6 is 0 Å². The summed E-state index contributed by atoms with van der Waals surface area (Å²) in [6.07, 6.45) is 2.28. The lowest BCUT2D eigenvalue weighted by atomic mass is 9.78. The average molecular weight is 642 g/mol. The molecule has 0 spiro atoms. The van der Waals surface area contributed by atoms with Gasteiger partial charge in [-0.25, -0.2) is 0 Å². The third-order valence-corrected chi connectivity index (χ3v) is 9.33. The van der Waals surface area contributed by atoms with E-state index in [1.165, 1.54) is 32.9 Å². The van der Waals surface area contributed by atoms with Crippen LogP contribution in [0.3, 0.4) is 0 Å². The largest absolute Gasteiger partial charge is 0.507 e. The molecule has 3 aliphatic rings. The van der Waals surface area contributed by atoms with Crippen molar-refractivity contribution < 1.29 is 54.8 Å². The molecule has 46 heavy (non-hydrogen) atoms. The van der Waals surface area contributed by atoms with Crippen LogP contribution in [0.1, 0.15) is 57.5 Å². The number of phenolic OH excluding ortho intramolecular Hbond substituents is 3. The maximum atomic E-state index is 13.7. The second kappa shape index (κ2) is 13.0. The number of aromatic hydroxyl groups is 3. The fourth-order valence-electron chi connectivity index (χ4n) is 5.98. The zero-order valence-corrected chi connectivity index (χ0v) is 26.8. The first-order chi connectivity index (χ1) is 21.4. The Morgan fingerprint density at radius 3 is 2.09 bits per heavy atom. The molecule has 3 aliphatic heterocycles. The second-order valence-electron chi connectivity index (χ2n) is 12.6. The average Bonchev–Trinajstić information content (AvgIpc) is 3.28. The summed E-state index contributed by atoms with van der Waals surface area (Å²) in [5, 5.41) is 79.0. The SMILES string of the molecule is C/C1=C/C=C/[C@H](C)[C@H](O)[C@@H](C)[C@@H](O)[C@@H](C)[C@H](O)[C@H](C)[C@@H](O)/C=C/O[C@]2(C)Oc3c(C)c(O)c4c(O)c(cc(O)c4c3C2=O)NC1=O. The number of hydrogen-bond acceptors (Lipinski definition) is 11. The molecule has 0 radical (unpaired) electrons. The highest BCUT2D eigenvalue weighted by Crippen LogP contribution is 2.53. The lowest BCUT2D eigenvalue weighted by Gasteiger charge is -2.35. The Morgan fingerprint density at radius 2 is 1.43 bits per heavy atom. The van der Waals surface area contributed by atoms with Gasteiger partial charge in [0.15, 0.2) is 5.75 Å². The fraction of sp³-hybridized carbons (Fsp3) is 0.471. The number of aliphatic hydroxyl groups excluding tert-OH is 4. The first kappa shape index (κ1) is 34.8. The van der Waals surface area contributed by atoms with Gasteiger partial charge < -0.3 is 50.5 Å². The molecule has 5 bridgehead atoms. The summed E-state index contributed by atoms with van der Waals surface area (Å²) in [6, 6.07) is 1.05. The monoisotopic (exact) mass is 641 g/mol. The number of benzene rings is 2. The van der Waals surface area contributed by atoms with Crippen LogP contribution in [0.4, 0.5) is 5.69 Å². The first-order valence-corrected chi connectivity index (χ1v) is 15.1. The van der Waals surface area contributed by atoms with Crippen molar-refractivity contribution in [3.8, 4) is 23.0 Å². The highest BCUT2D eigenvalue weighted by molar-refractivity contribution is 6.21. The Bertz CT molecular complexity index is 1630. The molecule has 0 aliphatic carbocycles. The molecule has 0 unspecified atom stereocenters. The summed E-state index contributed by atoms with van der Waals surface area (Å²) in [4.78, 5) is 26.7. The highest BCUT2D eigenvalue weighted by Gasteiger charge is 2.49. The molecule has 5 rings (SSSR count). The number of carbonyl (C=O) groups excluding carboxylic acids is 2. The van der Waals surface area contributed by atoms with E-state index in [-0.39, 0.29) is 38.9 Å². The minimum atomic E-state index is -2.00. The number of anilines is 1. The number of phenols is 3. The molecule has 3 heterocycles. The van der Waals surface area contributed by atoms with E-state index in [9.17, 15) is 45.3 Å². The molecule has 0 saturated heterocycles.